The van der Waals surface area contributed by atoms with E-state index in [0.29, 0.717) is 6.04 Å². The van der Waals surface area contributed by atoms with Gasteiger partial charge in [0.05, 0.1) is 11.0 Å². The Morgan fingerprint density at radius 2 is 2.22 bits per heavy atom. The summed E-state index contributed by atoms with van der Waals surface area (Å²) in [6.45, 7) is 3.20. The summed E-state index contributed by atoms with van der Waals surface area (Å²) in [6, 6.07) is 7.34. The lowest BCUT2D eigenvalue weighted by atomic mass is 10.2. The van der Waals surface area contributed by atoms with Gasteiger partial charge in [-0.25, -0.2) is 4.98 Å². The highest BCUT2D eigenvalue weighted by Gasteiger charge is 2.27. The van der Waals surface area contributed by atoms with E-state index in [0.717, 1.165) is 19.4 Å². The highest BCUT2D eigenvalue weighted by atomic mass is 15.1. The first-order chi connectivity index (χ1) is 8.79. The van der Waals surface area contributed by atoms with Gasteiger partial charge in [0.15, 0.2) is 0 Å². The molecule has 0 spiro atoms. The van der Waals surface area contributed by atoms with Crippen LogP contribution in [0.5, 0.6) is 0 Å². The van der Waals surface area contributed by atoms with E-state index in [2.05, 4.69) is 35.0 Å². The second-order valence-electron chi connectivity index (χ2n) is 5.33. The van der Waals surface area contributed by atoms with Gasteiger partial charge in [0, 0.05) is 12.5 Å². The lowest BCUT2D eigenvalue weighted by Gasteiger charge is -2.07. The summed E-state index contributed by atoms with van der Waals surface area (Å²) in [5.41, 5.74) is 3.79. The summed E-state index contributed by atoms with van der Waals surface area (Å²) in [5.74, 6) is 1.27. The number of aromatic nitrogens is 2. The van der Waals surface area contributed by atoms with Crippen LogP contribution in [0.3, 0.4) is 0 Å². The molecule has 0 bridgehead atoms. The van der Waals surface area contributed by atoms with E-state index in [1.165, 1.54) is 35.3 Å². The maximum Gasteiger partial charge on any atom is 0.110 e. The number of fused-ring (bicyclic) bond motifs is 1. The quantitative estimate of drug-likeness (QED) is 0.818. The Labute approximate surface area is 108 Å². The fourth-order valence-electron chi connectivity index (χ4n) is 2.60. The van der Waals surface area contributed by atoms with Crippen LogP contribution in [0.2, 0.25) is 0 Å². The Morgan fingerprint density at radius 1 is 1.39 bits per heavy atom. The van der Waals surface area contributed by atoms with E-state index in [9.17, 15) is 0 Å². The van der Waals surface area contributed by atoms with Gasteiger partial charge in [0.25, 0.3) is 0 Å². The Balaban J connectivity index is 1.98. The van der Waals surface area contributed by atoms with Gasteiger partial charge in [-0.3, -0.25) is 0 Å². The average Bonchev–Trinajstić information content (AvgIpc) is 3.12. The minimum Gasteiger partial charge on any atom is -0.325 e. The lowest BCUT2D eigenvalue weighted by Crippen LogP contribution is -2.10. The topological polar surface area (TPSA) is 29.9 Å². The molecule has 3 nitrogen and oxygen atoms in total. The van der Waals surface area contributed by atoms with Crippen LogP contribution in [0.4, 0.5) is 0 Å². The smallest absolute Gasteiger partial charge is 0.110 e. The predicted octanol–water partition coefficient (Wildman–Crippen LogP) is 2.83. The molecule has 0 saturated heterocycles. The standard InChI is InChI=1S/C15H21N3/c1-11-5-8-14-13(10-11)17-15(4-3-9-16-2)18(14)12-6-7-12/h5,8,10,12,16H,3-4,6-7,9H2,1-2H3. The molecule has 0 atom stereocenters. The summed E-state index contributed by atoms with van der Waals surface area (Å²) in [5, 5.41) is 3.21. The van der Waals surface area contributed by atoms with Crippen LogP contribution in [0.15, 0.2) is 18.2 Å². The molecule has 96 valence electrons. The first kappa shape index (κ1) is 11.7. The van der Waals surface area contributed by atoms with E-state index < -0.39 is 0 Å². The van der Waals surface area contributed by atoms with E-state index in [4.69, 9.17) is 4.98 Å². The van der Waals surface area contributed by atoms with E-state index in [1.807, 2.05) is 7.05 Å². The summed E-state index contributed by atoms with van der Waals surface area (Å²) in [7, 11) is 2.01. The van der Waals surface area contributed by atoms with E-state index >= 15 is 0 Å². The number of hydrogen-bond acceptors (Lipinski definition) is 2. The number of aryl methyl sites for hydroxylation is 2. The van der Waals surface area contributed by atoms with Gasteiger partial charge in [0.1, 0.15) is 5.82 Å². The zero-order chi connectivity index (χ0) is 12.5. The number of nitrogens with zero attached hydrogens (tertiary/aromatic N) is 2. The van der Waals surface area contributed by atoms with E-state index in [1.54, 1.807) is 0 Å². The monoisotopic (exact) mass is 243 g/mol. The van der Waals surface area contributed by atoms with Crippen molar-refractivity contribution >= 4 is 11.0 Å². The Bertz CT molecular complexity index is 552. The van der Waals surface area contributed by atoms with Crippen molar-refractivity contribution in [3.05, 3.63) is 29.6 Å². The Morgan fingerprint density at radius 3 is 2.94 bits per heavy atom. The largest absolute Gasteiger partial charge is 0.325 e. The fraction of sp³-hybridized carbons (Fsp3) is 0.533. The van der Waals surface area contributed by atoms with Crippen molar-refractivity contribution in [3.63, 3.8) is 0 Å². The summed E-state index contributed by atoms with van der Waals surface area (Å²) in [6.07, 6.45) is 4.87. The van der Waals surface area contributed by atoms with Crippen molar-refractivity contribution in [2.75, 3.05) is 13.6 Å². The second kappa shape index (κ2) is 4.73. The molecule has 0 unspecified atom stereocenters. The lowest BCUT2D eigenvalue weighted by molar-refractivity contribution is 0.649. The Hall–Kier alpha value is -1.35. The van der Waals surface area contributed by atoms with Gasteiger partial charge in [-0.15, -0.1) is 0 Å². The summed E-state index contributed by atoms with van der Waals surface area (Å²) in [4.78, 5) is 4.84. The van der Waals surface area contributed by atoms with Crippen LogP contribution < -0.4 is 5.32 Å². The van der Waals surface area contributed by atoms with Crippen molar-refractivity contribution in [1.29, 1.82) is 0 Å². The molecule has 1 aliphatic rings. The number of nitrogens with one attached hydrogen (secondary N) is 1. The molecule has 1 aromatic heterocycles. The molecule has 1 heterocycles. The summed E-state index contributed by atoms with van der Waals surface area (Å²) >= 11 is 0. The number of imidazole rings is 1. The fourth-order valence-corrected chi connectivity index (χ4v) is 2.60. The first-order valence-corrected chi connectivity index (χ1v) is 6.91. The third-order valence-corrected chi connectivity index (χ3v) is 3.66. The van der Waals surface area contributed by atoms with Gasteiger partial charge in [-0.1, -0.05) is 6.07 Å². The highest BCUT2D eigenvalue weighted by Crippen LogP contribution is 2.39. The SMILES string of the molecule is CNCCCc1nc2cc(C)ccc2n1C1CC1. The number of benzene rings is 1. The molecule has 0 aliphatic heterocycles. The molecule has 1 fully saturated rings. The minimum absolute atomic E-state index is 0.710. The van der Waals surface area contributed by atoms with Crippen LogP contribution in [0.25, 0.3) is 11.0 Å². The zero-order valence-corrected chi connectivity index (χ0v) is 11.2. The van der Waals surface area contributed by atoms with Gasteiger partial charge in [0.2, 0.25) is 0 Å². The number of hydrogen-bond donors (Lipinski definition) is 1. The second-order valence-corrected chi connectivity index (χ2v) is 5.33. The maximum absolute atomic E-state index is 4.84. The van der Waals surface area contributed by atoms with Crippen molar-refractivity contribution < 1.29 is 0 Å². The molecular formula is C15H21N3. The van der Waals surface area contributed by atoms with Crippen molar-refractivity contribution in [2.24, 2.45) is 0 Å². The van der Waals surface area contributed by atoms with E-state index in [-0.39, 0.29) is 0 Å². The van der Waals surface area contributed by atoms with Crippen LogP contribution in [0.1, 0.15) is 36.7 Å². The van der Waals surface area contributed by atoms with Gasteiger partial charge >= 0.3 is 0 Å². The molecule has 1 aliphatic carbocycles. The molecular weight excluding hydrogens is 222 g/mol. The Kier molecular flexibility index (Phi) is 3.08. The minimum atomic E-state index is 0.710. The van der Waals surface area contributed by atoms with Crippen LogP contribution in [-0.4, -0.2) is 23.1 Å². The van der Waals surface area contributed by atoms with Crippen molar-refractivity contribution in [3.8, 4) is 0 Å². The molecule has 18 heavy (non-hydrogen) atoms. The average molecular weight is 243 g/mol. The molecule has 1 aromatic carbocycles. The molecule has 1 N–H and O–H groups in total. The molecule has 0 radical (unpaired) electrons. The van der Waals surface area contributed by atoms with Crippen molar-refractivity contribution in [1.82, 2.24) is 14.9 Å². The summed E-state index contributed by atoms with van der Waals surface area (Å²) < 4.78 is 2.48. The zero-order valence-electron chi connectivity index (χ0n) is 11.2. The highest BCUT2D eigenvalue weighted by molar-refractivity contribution is 5.77. The van der Waals surface area contributed by atoms with Crippen LogP contribution >= 0.6 is 0 Å². The van der Waals surface area contributed by atoms with Gasteiger partial charge < -0.3 is 9.88 Å². The third kappa shape index (κ3) is 2.15. The first-order valence-electron chi connectivity index (χ1n) is 6.91. The molecule has 0 amide bonds. The van der Waals surface area contributed by atoms with Gasteiger partial charge in [-0.05, 0) is 57.5 Å². The maximum atomic E-state index is 4.84. The predicted molar refractivity (Wildman–Crippen MR) is 75.0 cm³/mol. The van der Waals surface area contributed by atoms with Crippen LogP contribution in [0, 0.1) is 6.92 Å². The molecule has 3 rings (SSSR count). The normalized spacial score (nSPS) is 15.4. The molecule has 1 saturated carbocycles. The third-order valence-electron chi connectivity index (χ3n) is 3.66. The number of rotatable bonds is 5. The molecule has 3 heteroatoms. The van der Waals surface area contributed by atoms with Crippen LogP contribution in [-0.2, 0) is 6.42 Å². The van der Waals surface area contributed by atoms with Crippen molar-refractivity contribution in [2.45, 2.75) is 38.6 Å². The molecule has 2 aromatic rings. The van der Waals surface area contributed by atoms with Gasteiger partial charge in [-0.2, -0.15) is 0 Å².